The summed E-state index contributed by atoms with van der Waals surface area (Å²) in [7, 11) is 0. The number of carbonyl (C=O) groups is 1. The number of carbonyl (C=O) groups excluding carboxylic acids is 1. The molecule has 1 saturated heterocycles. The van der Waals surface area contributed by atoms with E-state index in [0.29, 0.717) is 23.7 Å². The van der Waals surface area contributed by atoms with Crippen molar-refractivity contribution in [2.75, 3.05) is 26.2 Å². The molecule has 1 amide bonds. The zero-order valence-corrected chi connectivity index (χ0v) is 18.8. The quantitative estimate of drug-likeness (QED) is 0.415. The molecule has 6 heteroatoms. The molecule has 0 aliphatic carbocycles. The Hall–Kier alpha value is -3.70. The van der Waals surface area contributed by atoms with Gasteiger partial charge in [0.2, 0.25) is 0 Å². The van der Waals surface area contributed by atoms with Crippen LogP contribution in [0.5, 0.6) is 0 Å². The second-order valence-corrected chi connectivity index (χ2v) is 8.45. The van der Waals surface area contributed by atoms with Crippen LogP contribution in [0.25, 0.3) is 28.2 Å². The normalized spacial score (nSPS) is 14.2. The average molecular weight is 455 g/mol. The van der Waals surface area contributed by atoms with Gasteiger partial charge in [-0.2, -0.15) is 0 Å². The second-order valence-electron chi connectivity index (χ2n) is 8.01. The summed E-state index contributed by atoms with van der Waals surface area (Å²) >= 11 is 6.27. The lowest BCUT2D eigenvalue weighted by Crippen LogP contribution is -2.46. The largest absolute Gasteiger partial charge is 0.374 e. The minimum Gasteiger partial charge on any atom is -0.374 e. The lowest BCUT2D eigenvalue weighted by molar-refractivity contribution is 0.0682. The number of piperazine rings is 1. The molecule has 33 heavy (non-hydrogen) atoms. The summed E-state index contributed by atoms with van der Waals surface area (Å²) in [5.41, 5.74) is 4.13. The van der Waals surface area contributed by atoms with Crippen LogP contribution in [0.2, 0.25) is 5.02 Å². The molecule has 0 atom stereocenters. The number of aromatic nitrogens is 2. The van der Waals surface area contributed by atoms with Crippen LogP contribution in [0.1, 0.15) is 15.9 Å². The molecule has 5 rings (SSSR count). The number of halogens is 1. The van der Waals surface area contributed by atoms with Gasteiger partial charge in [0.1, 0.15) is 0 Å². The molecule has 1 fully saturated rings. The van der Waals surface area contributed by atoms with Crippen LogP contribution in [-0.4, -0.2) is 51.9 Å². The fourth-order valence-corrected chi connectivity index (χ4v) is 4.21. The summed E-state index contributed by atoms with van der Waals surface area (Å²) in [4.78, 5) is 26.7. The van der Waals surface area contributed by atoms with Crippen molar-refractivity contribution >= 4 is 34.5 Å². The topological polar surface area (TPSA) is 49.3 Å². The summed E-state index contributed by atoms with van der Waals surface area (Å²) in [5.74, 6) is 0.00139. The number of hydrogen-bond donors (Lipinski definition) is 0. The van der Waals surface area contributed by atoms with E-state index in [2.05, 4.69) is 34.3 Å². The van der Waals surface area contributed by atoms with E-state index in [1.807, 2.05) is 53.4 Å². The van der Waals surface area contributed by atoms with E-state index in [1.54, 1.807) is 18.5 Å². The Labute approximate surface area is 198 Å². The number of fused-ring (bicyclic) bond motifs is 1. The maximum atomic E-state index is 13.6. The Bertz CT molecular complexity index is 1300. The predicted molar refractivity (Wildman–Crippen MR) is 133 cm³/mol. The van der Waals surface area contributed by atoms with Gasteiger partial charge in [-0.3, -0.25) is 9.78 Å². The number of hydrogen-bond acceptors (Lipinski definition) is 4. The molecule has 0 saturated carbocycles. The smallest absolute Gasteiger partial charge is 0.254 e. The van der Waals surface area contributed by atoms with E-state index >= 15 is 0 Å². The van der Waals surface area contributed by atoms with Gasteiger partial charge in [-0.05, 0) is 54.2 Å². The highest BCUT2D eigenvalue weighted by Gasteiger charge is 2.23. The van der Waals surface area contributed by atoms with Gasteiger partial charge in [0.15, 0.2) is 0 Å². The number of amides is 1. The number of nitrogens with zero attached hydrogens (tertiary/aromatic N) is 4. The summed E-state index contributed by atoms with van der Waals surface area (Å²) < 4.78 is 0. The van der Waals surface area contributed by atoms with Crippen molar-refractivity contribution < 1.29 is 4.79 Å². The summed E-state index contributed by atoms with van der Waals surface area (Å²) in [5, 5.41) is 1.36. The molecular weight excluding hydrogens is 432 g/mol. The van der Waals surface area contributed by atoms with E-state index in [4.69, 9.17) is 16.6 Å². The van der Waals surface area contributed by atoms with Gasteiger partial charge >= 0.3 is 0 Å². The highest BCUT2D eigenvalue weighted by molar-refractivity contribution is 6.31. The Kier molecular flexibility index (Phi) is 6.05. The maximum absolute atomic E-state index is 13.6. The molecule has 0 radical (unpaired) electrons. The molecule has 1 aliphatic rings. The molecule has 2 aromatic heterocycles. The predicted octanol–water partition coefficient (Wildman–Crippen LogP) is 5.38. The summed E-state index contributed by atoms with van der Waals surface area (Å²) in [6.45, 7) is 2.89. The molecule has 5 nitrogen and oxygen atoms in total. The Balaban J connectivity index is 1.39. The first kappa shape index (κ1) is 21.2. The van der Waals surface area contributed by atoms with Crippen LogP contribution in [-0.2, 0) is 0 Å². The average Bonchev–Trinajstić information content (AvgIpc) is 2.88. The minimum atomic E-state index is 0.00139. The molecule has 4 aromatic rings. The molecule has 0 N–H and O–H groups in total. The third kappa shape index (κ3) is 4.73. The molecule has 164 valence electrons. The van der Waals surface area contributed by atoms with Crippen LogP contribution >= 0.6 is 11.6 Å². The van der Waals surface area contributed by atoms with Gasteiger partial charge in [0, 0.05) is 54.5 Å². The van der Waals surface area contributed by atoms with Crippen molar-refractivity contribution in [3.63, 3.8) is 0 Å². The van der Waals surface area contributed by atoms with Crippen molar-refractivity contribution in [3.8, 4) is 11.3 Å². The number of rotatable bonds is 4. The molecular formula is C27H23ClN4O. The van der Waals surface area contributed by atoms with Crippen molar-refractivity contribution in [2.24, 2.45) is 0 Å². The number of benzene rings is 2. The molecule has 3 heterocycles. The van der Waals surface area contributed by atoms with E-state index in [1.165, 1.54) is 5.56 Å². The van der Waals surface area contributed by atoms with Crippen molar-refractivity contribution in [1.82, 2.24) is 19.8 Å². The maximum Gasteiger partial charge on any atom is 0.254 e. The zero-order valence-electron chi connectivity index (χ0n) is 18.1. The van der Waals surface area contributed by atoms with Gasteiger partial charge in [-0.25, -0.2) is 4.98 Å². The van der Waals surface area contributed by atoms with Gasteiger partial charge < -0.3 is 9.80 Å². The Morgan fingerprint density at radius 1 is 0.939 bits per heavy atom. The fourth-order valence-electron chi connectivity index (χ4n) is 4.04. The van der Waals surface area contributed by atoms with Gasteiger partial charge in [0.05, 0.1) is 16.8 Å². The van der Waals surface area contributed by atoms with Crippen molar-refractivity contribution in [1.29, 1.82) is 0 Å². The Morgan fingerprint density at radius 2 is 1.76 bits per heavy atom. The monoisotopic (exact) mass is 454 g/mol. The van der Waals surface area contributed by atoms with E-state index in [9.17, 15) is 4.79 Å². The summed E-state index contributed by atoms with van der Waals surface area (Å²) in [6, 6.07) is 21.4. The molecule has 0 unspecified atom stereocenters. The van der Waals surface area contributed by atoms with Gasteiger partial charge in [-0.15, -0.1) is 0 Å². The molecule has 1 aliphatic heterocycles. The van der Waals surface area contributed by atoms with Crippen LogP contribution in [0.3, 0.4) is 0 Å². The van der Waals surface area contributed by atoms with Gasteiger partial charge in [-0.1, -0.05) is 41.9 Å². The van der Waals surface area contributed by atoms with Crippen LogP contribution < -0.4 is 0 Å². The Morgan fingerprint density at radius 3 is 2.52 bits per heavy atom. The first-order valence-corrected chi connectivity index (χ1v) is 11.3. The number of pyridine rings is 2. The van der Waals surface area contributed by atoms with E-state index in [-0.39, 0.29) is 5.91 Å². The SMILES string of the molecule is O=C(c1cc(-c2cccnc2)nc2ccc(Cl)cc12)N1CCN(/C=C/c2ccccc2)CC1. The first-order chi connectivity index (χ1) is 16.2. The highest BCUT2D eigenvalue weighted by Crippen LogP contribution is 2.28. The summed E-state index contributed by atoms with van der Waals surface area (Å²) in [6.07, 6.45) is 7.70. The standard InChI is InChI=1S/C27H23ClN4O/c28-22-8-9-25-23(17-22)24(18-26(30-25)21-7-4-11-29-19-21)27(33)32-15-13-31(14-16-32)12-10-20-5-2-1-3-6-20/h1-12,17-19H,13-16H2/b12-10+. The van der Waals surface area contributed by atoms with E-state index < -0.39 is 0 Å². The molecule has 2 aromatic carbocycles. The third-order valence-electron chi connectivity index (χ3n) is 5.84. The van der Waals surface area contributed by atoms with Gasteiger partial charge in [0.25, 0.3) is 5.91 Å². The van der Waals surface area contributed by atoms with Crippen LogP contribution in [0, 0.1) is 0 Å². The minimum absolute atomic E-state index is 0.00139. The zero-order chi connectivity index (χ0) is 22.6. The van der Waals surface area contributed by atoms with E-state index in [0.717, 1.165) is 35.2 Å². The molecule has 0 bridgehead atoms. The lowest BCUT2D eigenvalue weighted by atomic mass is 10.0. The van der Waals surface area contributed by atoms with Crippen LogP contribution in [0.4, 0.5) is 0 Å². The fraction of sp³-hybridized carbons (Fsp3) is 0.148. The first-order valence-electron chi connectivity index (χ1n) is 10.9. The second kappa shape index (κ2) is 9.43. The van der Waals surface area contributed by atoms with Crippen molar-refractivity contribution in [3.05, 3.63) is 101 Å². The highest BCUT2D eigenvalue weighted by atomic mass is 35.5. The van der Waals surface area contributed by atoms with Crippen molar-refractivity contribution in [2.45, 2.75) is 0 Å². The third-order valence-corrected chi connectivity index (χ3v) is 6.07. The van der Waals surface area contributed by atoms with Crippen LogP contribution in [0.15, 0.2) is 85.3 Å². The molecule has 0 spiro atoms. The lowest BCUT2D eigenvalue weighted by Gasteiger charge is -2.34.